The smallest absolute Gasteiger partial charge is 0.319 e. The summed E-state index contributed by atoms with van der Waals surface area (Å²) in [6, 6.07) is 20.0. The number of rotatable bonds is 14. The number of likely N-dealkylation sites (N-methyl/N-ethyl adjacent to an activating group) is 1. The molecule has 2 N–H and O–H groups in total. The molecule has 1 fully saturated rings. The van der Waals surface area contributed by atoms with Crippen LogP contribution in [0.3, 0.4) is 0 Å². The van der Waals surface area contributed by atoms with Crippen LogP contribution in [-0.2, 0) is 0 Å². The first-order chi connectivity index (χ1) is 22.2. The number of hydrogen-bond acceptors (Lipinski definition) is 7. The molecule has 46 heavy (non-hydrogen) atoms. The van der Waals surface area contributed by atoms with Gasteiger partial charge in [-0.3, -0.25) is 4.79 Å². The van der Waals surface area contributed by atoms with Crippen LogP contribution < -0.4 is 29.7 Å². The van der Waals surface area contributed by atoms with Crippen molar-refractivity contribution in [3.63, 3.8) is 0 Å². The lowest BCUT2D eigenvalue weighted by Crippen LogP contribution is -2.37. The van der Waals surface area contributed by atoms with E-state index in [2.05, 4.69) is 27.5 Å². The normalized spacial score (nSPS) is 13.8. The Balaban J connectivity index is 1.43. The van der Waals surface area contributed by atoms with Crippen LogP contribution in [-0.4, -0.2) is 88.3 Å². The maximum absolute atomic E-state index is 13.7. The summed E-state index contributed by atoms with van der Waals surface area (Å²) in [6.45, 7) is 7.37. The van der Waals surface area contributed by atoms with E-state index in [0.717, 1.165) is 50.2 Å². The highest BCUT2D eigenvalue weighted by atomic mass is 16.5. The molecule has 10 nitrogen and oxygen atoms in total. The van der Waals surface area contributed by atoms with Crippen LogP contribution in [0.2, 0.25) is 0 Å². The molecular formula is C36H49N5O5. The molecule has 0 spiro atoms. The summed E-state index contributed by atoms with van der Waals surface area (Å²) in [5.74, 6) is 2.28. The number of benzene rings is 3. The van der Waals surface area contributed by atoms with Gasteiger partial charge in [0, 0.05) is 55.2 Å². The van der Waals surface area contributed by atoms with E-state index in [1.807, 2.05) is 76.5 Å². The van der Waals surface area contributed by atoms with Crippen molar-refractivity contribution in [2.24, 2.45) is 0 Å². The molecule has 1 saturated heterocycles. The summed E-state index contributed by atoms with van der Waals surface area (Å²) in [5, 5.41) is 5.82. The Hall–Kier alpha value is -4.28. The van der Waals surface area contributed by atoms with Crippen LogP contribution in [0.25, 0.3) is 0 Å². The Kier molecular flexibility index (Phi) is 12.7. The predicted octanol–water partition coefficient (Wildman–Crippen LogP) is 6.48. The Morgan fingerprint density at radius 1 is 0.891 bits per heavy atom. The number of hydrogen-bond donors (Lipinski definition) is 2. The zero-order valence-corrected chi connectivity index (χ0v) is 28.0. The Morgan fingerprint density at radius 2 is 1.54 bits per heavy atom. The average molecular weight is 632 g/mol. The Bertz CT molecular complexity index is 1400. The maximum atomic E-state index is 13.7. The molecule has 0 unspecified atom stereocenters. The van der Waals surface area contributed by atoms with Crippen molar-refractivity contribution >= 4 is 23.3 Å². The summed E-state index contributed by atoms with van der Waals surface area (Å²) in [5.41, 5.74) is 1.96. The number of likely N-dealkylation sites (tertiary alicyclic amines) is 1. The van der Waals surface area contributed by atoms with Crippen LogP contribution in [0.1, 0.15) is 49.9 Å². The second-order valence-electron chi connectivity index (χ2n) is 12.0. The topological polar surface area (TPSA) is 95.6 Å². The minimum absolute atomic E-state index is 0.0839. The van der Waals surface area contributed by atoms with E-state index in [0.29, 0.717) is 41.6 Å². The molecule has 0 aliphatic carbocycles. The van der Waals surface area contributed by atoms with E-state index in [9.17, 15) is 9.59 Å². The standard InChI is InChI=1S/C36H49N5O5/c1-7-27(8-2)37-36(43)38-28-11-18-33(34(25-28)44-6)46-31-16-12-29(13-17-31)41(24-23-39(3)4)35(42)26-9-14-30(15-10-26)45-32-19-21-40(5)22-20-32/h9-18,25,27,32H,7-8,19-24H2,1-6H3,(H2,37,38,43). The van der Waals surface area contributed by atoms with E-state index in [4.69, 9.17) is 14.2 Å². The number of amides is 3. The van der Waals surface area contributed by atoms with Crippen LogP contribution >= 0.6 is 0 Å². The highest BCUT2D eigenvalue weighted by Crippen LogP contribution is 2.35. The van der Waals surface area contributed by atoms with Gasteiger partial charge in [-0.25, -0.2) is 4.79 Å². The number of nitrogens with one attached hydrogen (secondary N) is 2. The lowest BCUT2D eigenvalue weighted by atomic mass is 10.1. The van der Waals surface area contributed by atoms with Crippen molar-refractivity contribution < 1.29 is 23.8 Å². The van der Waals surface area contributed by atoms with Crippen molar-refractivity contribution in [1.29, 1.82) is 0 Å². The number of anilines is 2. The van der Waals surface area contributed by atoms with Crippen molar-refractivity contribution in [1.82, 2.24) is 15.1 Å². The van der Waals surface area contributed by atoms with Crippen molar-refractivity contribution in [3.8, 4) is 23.0 Å². The van der Waals surface area contributed by atoms with E-state index in [-0.39, 0.29) is 24.1 Å². The minimum atomic E-state index is -0.259. The average Bonchev–Trinajstić information content (AvgIpc) is 3.06. The number of ether oxygens (including phenoxy) is 3. The highest BCUT2D eigenvalue weighted by molar-refractivity contribution is 6.06. The zero-order chi connectivity index (χ0) is 33.1. The number of methoxy groups -OCH3 is 1. The lowest BCUT2D eigenvalue weighted by molar-refractivity contribution is 0.0984. The first kappa shape index (κ1) is 34.6. The van der Waals surface area contributed by atoms with Crippen molar-refractivity contribution in [2.75, 3.05) is 64.6 Å². The fourth-order valence-electron chi connectivity index (χ4n) is 5.27. The molecule has 248 valence electrons. The highest BCUT2D eigenvalue weighted by Gasteiger charge is 2.21. The molecule has 0 radical (unpaired) electrons. The van der Waals surface area contributed by atoms with E-state index in [1.54, 1.807) is 30.2 Å². The van der Waals surface area contributed by atoms with Gasteiger partial charge in [0.1, 0.15) is 17.6 Å². The third-order valence-corrected chi connectivity index (χ3v) is 8.20. The number of nitrogens with zero attached hydrogens (tertiary/aromatic N) is 3. The molecule has 1 heterocycles. The minimum Gasteiger partial charge on any atom is -0.493 e. The van der Waals surface area contributed by atoms with Gasteiger partial charge in [-0.2, -0.15) is 0 Å². The summed E-state index contributed by atoms with van der Waals surface area (Å²) < 4.78 is 17.9. The third kappa shape index (κ3) is 9.86. The summed E-state index contributed by atoms with van der Waals surface area (Å²) >= 11 is 0. The molecule has 0 atom stereocenters. The number of carbonyl (C=O) groups is 2. The van der Waals surface area contributed by atoms with Gasteiger partial charge in [0.15, 0.2) is 11.5 Å². The van der Waals surface area contributed by atoms with Gasteiger partial charge in [-0.05, 0) is 107 Å². The van der Waals surface area contributed by atoms with Crippen LogP contribution in [0.15, 0.2) is 66.7 Å². The fraction of sp³-hybridized carbons (Fsp3) is 0.444. The third-order valence-electron chi connectivity index (χ3n) is 8.20. The van der Waals surface area contributed by atoms with Gasteiger partial charge in [-0.15, -0.1) is 0 Å². The zero-order valence-electron chi connectivity index (χ0n) is 28.0. The molecular weight excluding hydrogens is 582 g/mol. The molecule has 3 amide bonds. The second-order valence-corrected chi connectivity index (χ2v) is 12.0. The molecule has 1 aliphatic heterocycles. The van der Waals surface area contributed by atoms with Crippen LogP contribution in [0.4, 0.5) is 16.2 Å². The van der Waals surface area contributed by atoms with Gasteiger partial charge in [0.25, 0.3) is 5.91 Å². The molecule has 3 aromatic carbocycles. The molecule has 0 aromatic heterocycles. The van der Waals surface area contributed by atoms with Gasteiger partial charge in [0.05, 0.1) is 7.11 Å². The first-order valence-corrected chi connectivity index (χ1v) is 16.1. The molecule has 0 saturated carbocycles. The first-order valence-electron chi connectivity index (χ1n) is 16.1. The van der Waals surface area contributed by atoms with Crippen LogP contribution in [0.5, 0.6) is 23.0 Å². The maximum Gasteiger partial charge on any atom is 0.319 e. The molecule has 0 bridgehead atoms. The van der Waals surface area contributed by atoms with E-state index >= 15 is 0 Å². The lowest BCUT2D eigenvalue weighted by Gasteiger charge is -2.29. The van der Waals surface area contributed by atoms with Gasteiger partial charge >= 0.3 is 6.03 Å². The predicted molar refractivity (Wildman–Crippen MR) is 184 cm³/mol. The summed E-state index contributed by atoms with van der Waals surface area (Å²) in [6.07, 6.45) is 3.93. The molecule has 3 aromatic rings. The van der Waals surface area contributed by atoms with E-state index in [1.165, 1.54) is 0 Å². The van der Waals surface area contributed by atoms with Gasteiger partial charge in [0.2, 0.25) is 0 Å². The summed E-state index contributed by atoms with van der Waals surface area (Å²) in [7, 11) is 7.67. The van der Waals surface area contributed by atoms with E-state index < -0.39 is 0 Å². The molecule has 10 heteroatoms. The van der Waals surface area contributed by atoms with Crippen molar-refractivity contribution in [2.45, 2.75) is 51.7 Å². The monoisotopic (exact) mass is 631 g/mol. The number of carbonyl (C=O) groups excluding carboxylic acids is 2. The molecule has 4 rings (SSSR count). The van der Waals surface area contributed by atoms with Gasteiger partial charge < -0.3 is 39.5 Å². The van der Waals surface area contributed by atoms with Crippen LogP contribution in [0, 0.1) is 0 Å². The molecule has 1 aliphatic rings. The fourth-order valence-corrected chi connectivity index (χ4v) is 5.27. The quantitative estimate of drug-likeness (QED) is 0.210. The van der Waals surface area contributed by atoms with Gasteiger partial charge in [-0.1, -0.05) is 13.8 Å². The largest absolute Gasteiger partial charge is 0.493 e. The Morgan fingerprint density at radius 3 is 2.15 bits per heavy atom. The number of piperidine rings is 1. The SMILES string of the molecule is CCC(CC)NC(=O)Nc1ccc(Oc2ccc(N(CCN(C)C)C(=O)c3ccc(OC4CCN(C)CC4)cc3)cc2)c(OC)c1. The van der Waals surface area contributed by atoms with Crippen molar-refractivity contribution in [3.05, 3.63) is 72.3 Å². The number of urea groups is 1. The Labute approximate surface area is 273 Å². The summed E-state index contributed by atoms with van der Waals surface area (Å²) in [4.78, 5) is 32.3. The second kappa shape index (κ2) is 16.9.